The van der Waals surface area contributed by atoms with Gasteiger partial charge in [0.05, 0.1) is 6.42 Å². The van der Waals surface area contributed by atoms with Crippen molar-refractivity contribution in [1.29, 1.82) is 0 Å². The molecule has 126 valence electrons. The van der Waals surface area contributed by atoms with Gasteiger partial charge in [-0.15, -0.1) is 11.8 Å². The normalized spacial score (nSPS) is 14.9. The van der Waals surface area contributed by atoms with E-state index in [-0.39, 0.29) is 11.8 Å². The average Bonchev–Trinajstić information content (AvgIpc) is 2.60. The molecule has 1 aromatic carbocycles. The maximum Gasteiger partial charge on any atom is 0.227 e. The Kier molecular flexibility index (Phi) is 6.96. The van der Waals surface area contributed by atoms with E-state index >= 15 is 0 Å². The molecule has 0 radical (unpaired) electrons. The second-order valence-corrected chi connectivity index (χ2v) is 6.77. The van der Waals surface area contributed by atoms with Gasteiger partial charge >= 0.3 is 0 Å². The zero-order valence-corrected chi connectivity index (χ0v) is 14.9. The van der Waals surface area contributed by atoms with Crippen LogP contribution in [0.3, 0.4) is 0 Å². The van der Waals surface area contributed by atoms with Crippen LogP contribution >= 0.6 is 11.8 Å². The maximum atomic E-state index is 12.4. The molecule has 5 heteroatoms. The molecule has 0 spiro atoms. The van der Waals surface area contributed by atoms with Crippen LogP contribution in [0.2, 0.25) is 0 Å². The lowest BCUT2D eigenvalue weighted by Gasteiger charge is -2.35. The second kappa shape index (κ2) is 8.96. The first-order chi connectivity index (χ1) is 11.1. The predicted molar refractivity (Wildman–Crippen MR) is 94.6 cm³/mol. The van der Waals surface area contributed by atoms with E-state index in [2.05, 4.69) is 19.1 Å². The lowest BCUT2D eigenvalue weighted by Crippen LogP contribution is -2.50. The van der Waals surface area contributed by atoms with E-state index in [0.717, 1.165) is 18.4 Å². The van der Waals surface area contributed by atoms with Gasteiger partial charge < -0.3 is 9.80 Å². The number of rotatable bonds is 6. The van der Waals surface area contributed by atoms with Crippen LogP contribution in [0.25, 0.3) is 0 Å². The van der Waals surface area contributed by atoms with Gasteiger partial charge in [0.25, 0.3) is 0 Å². The highest BCUT2D eigenvalue weighted by molar-refractivity contribution is 7.98. The summed E-state index contributed by atoms with van der Waals surface area (Å²) in [6.07, 6.45) is 5.11. The highest BCUT2D eigenvalue weighted by Gasteiger charge is 2.23. The Hall–Kier alpha value is -1.49. The van der Waals surface area contributed by atoms with Gasteiger partial charge in [-0.1, -0.05) is 25.5 Å². The van der Waals surface area contributed by atoms with Crippen molar-refractivity contribution in [2.24, 2.45) is 0 Å². The van der Waals surface area contributed by atoms with Crippen molar-refractivity contribution in [3.8, 4) is 0 Å². The quantitative estimate of drug-likeness (QED) is 0.751. The molecule has 0 N–H and O–H groups in total. The van der Waals surface area contributed by atoms with Crippen molar-refractivity contribution in [3.63, 3.8) is 0 Å². The average molecular weight is 334 g/mol. The summed E-state index contributed by atoms with van der Waals surface area (Å²) in [6.45, 7) is 4.73. The Bertz CT molecular complexity index is 522. The molecule has 2 amide bonds. The molecule has 0 aromatic heterocycles. The molecule has 1 heterocycles. The van der Waals surface area contributed by atoms with Gasteiger partial charge in [-0.2, -0.15) is 0 Å². The van der Waals surface area contributed by atoms with Crippen LogP contribution in [0.1, 0.15) is 31.7 Å². The van der Waals surface area contributed by atoms with E-state index in [1.165, 1.54) is 4.90 Å². The number of carbonyl (C=O) groups excluding carboxylic acids is 2. The van der Waals surface area contributed by atoms with Gasteiger partial charge in [-0.25, -0.2) is 0 Å². The van der Waals surface area contributed by atoms with Crippen LogP contribution in [0, 0.1) is 0 Å². The molecule has 0 aliphatic carbocycles. The van der Waals surface area contributed by atoms with Crippen LogP contribution in [-0.2, 0) is 16.0 Å². The fourth-order valence-corrected chi connectivity index (χ4v) is 3.13. The van der Waals surface area contributed by atoms with E-state index in [0.29, 0.717) is 39.0 Å². The molecule has 1 fully saturated rings. The van der Waals surface area contributed by atoms with Gasteiger partial charge in [0, 0.05) is 37.5 Å². The van der Waals surface area contributed by atoms with Crippen molar-refractivity contribution < 1.29 is 9.59 Å². The van der Waals surface area contributed by atoms with Crippen LogP contribution in [0.15, 0.2) is 29.2 Å². The number of carbonyl (C=O) groups is 2. The monoisotopic (exact) mass is 334 g/mol. The Labute approximate surface area is 143 Å². The first kappa shape index (κ1) is 17.9. The molecule has 23 heavy (non-hydrogen) atoms. The zero-order chi connectivity index (χ0) is 16.7. The van der Waals surface area contributed by atoms with E-state index in [1.54, 1.807) is 11.8 Å². The summed E-state index contributed by atoms with van der Waals surface area (Å²) in [4.78, 5) is 29.4. The molecular formula is C18H26N2O2S. The van der Waals surface area contributed by atoms with Crippen molar-refractivity contribution >= 4 is 23.6 Å². The fraction of sp³-hybridized carbons (Fsp3) is 0.556. The fourth-order valence-electron chi connectivity index (χ4n) is 2.72. The molecule has 0 saturated carbocycles. The van der Waals surface area contributed by atoms with Crippen molar-refractivity contribution in [2.45, 2.75) is 37.5 Å². The third-order valence-corrected chi connectivity index (χ3v) is 4.99. The third kappa shape index (κ3) is 5.27. The van der Waals surface area contributed by atoms with Gasteiger partial charge in [0.15, 0.2) is 0 Å². The van der Waals surface area contributed by atoms with Crippen molar-refractivity contribution in [3.05, 3.63) is 29.8 Å². The summed E-state index contributed by atoms with van der Waals surface area (Å²) in [5.41, 5.74) is 1.05. The molecule has 0 bridgehead atoms. The first-order valence-electron chi connectivity index (χ1n) is 8.32. The molecule has 0 unspecified atom stereocenters. The smallest absolute Gasteiger partial charge is 0.227 e. The summed E-state index contributed by atoms with van der Waals surface area (Å²) in [7, 11) is 0. The summed E-state index contributed by atoms with van der Waals surface area (Å²) in [6, 6.07) is 8.15. The minimum absolute atomic E-state index is 0.155. The first-order valence-corrected chi connectivity index (χ1v) is 9.55. The standard InChI is InChI=1S/C18H26N2O2S/c1-3-4-5-17(21)19-10-12-20(13-11-19)18(22)14-15-6-8-16(23-2)9-7-15/h6-9H,3-5,10-14H2,1-2H3. The predicted octanol–water partition coefficient (Wildman–Crippen LogP) is 2.81. The summed E-state index contributed by atoms with van der Waals surface area (Å²) >= 11 is 1.70. The van der Waals surface area contributed by atoms with Crippen LogP contribution in [0.4, 0.5) is 0 Å². The lowest BCUT2D eigenvalue weighted by molar-refractivity contribution is -0.139. The highest BCUT2D eigenvalue weighted by Crippen LogP contribution is 2.16. The van der Waals surface area contributed by atoms with E-state index in [1.807, 2.05) is 28.2 Å². The van der Waals surface area contributed by atoms with E-state index in [9.17, 15) is 9.59 Å². The number of amides is 2. The Morgan fingerprint density at radius 2 is 1.57 bits per heavy atom. The Balaban J connectivity index is 1.79. The molecule has 1 saturated heterocycles. The van der Waals surface area contributed by atoms with Crippen LogP contribution in [-0.4, -0.2) is 54.0 Å². The van der Waals surface area contributed by atoms with Gasteiger partial charge in [-0.3, -0.25) is 9.59 Å². The SMILES string of the molecule is CCCCC(=O)N1CCN(C(=O)Cc2ccc(SC)cc2)CC1. The molecule has 1 aliphatic heterocycles. The molecule has 2 rings (SSSR count). The minimum Gasteiger partial charge on any atom is -0.339 e. The maximum absolute atomic E-state index is 12.4. The van der Waals surface area contributed by atoms with Crippen molar-refractivity contribution in [1.82, 2.24) is 9.80 Å². The number of thioether (sulfide) groups is 1. The van der Waals surface area contributed by atoms with Crippen LogP contribution in [0.5, 0.6) is 0 Å². The van der Waals surface area contributed by atoms with Gasteiger partial charge in [-0.05, 0) is 30.4 Å². The molecule has 0 atom stereocenters. The summed E-state index contributed by atoms with van der Waals surface area (Å²) in [5, 5.41) is 0. The lowest BCUT2D eigenvalue weighted by atomic mass is 10.1. The van der Waals surface area contributed by atoms with Gasteiger partial charge in [0.2, 0.25) is 11.8 Å². The molecular weight excluding hydrogens is 308 g/mol. The van der Waals surface area contributed by atoms with E-state index in [4.69, 9.17) is 0 Å². The molecule has 4 nitrogen and oxygen atoms in total. The third-order valence-electron chi connectivity index (χ3n) is 4.24. The second-order valence-electron chi connectivity index (χ2n) is 5.89. The number of nitrogens with zero attached hydrogens (tertiary/aromatic N) is 2. The van der Waals surface area contributed by atoms with Crippen molar-refractivity contribution in [2.75, 3.05) is 32.4 Å². The number of hydrogen-bond donors (Lipinski definition) is 0. The number of piperazine rings is 1. The zero-order valence-electron chi connectivity index (χ0n) is 14.1. The Morgan fingerprint density at radius 1 is 1.00 bits per heavy atom. The minimum atomic E-state index is 0.155. The highest BCUT2D eigenvalue weighted by atomic mass is 32.2. The summed E-state index contributed by atoms with van der Waals surface area (Å²) in [5.74, 6) is 0.383. The molecule has 1 aromatic rings. The summed E-state index contributed by atoms with van der Waals surface area (Å²) < 4.78 is 0. The number of hydrogen-bond acceptors (Lipinski definition) is 3. The topological polar surface area (TPSA) is 40.6 Å². The number of unbranched alkanes of at least 4 members (excludes halogenated alkanes) is 1. The van der Waals surface area contributed by atoms with Crippen LogP contribution < -0.4 is 0 Å². The Morgan fingerprint density at radius 3 is 2.09 bits per heavy atom. The van der Waals surface area contributed by atoms with E-state index < -0.39 is 0 Å². The molecule has 1 aliphatic rings. The largest absolute Gasteiger partial charge is 0.339 e. The van der Waals surface area contributed by atoms with Gasteiger partial charge in [0.1, 0.15) is 0 Å². The number of benzene rings is 1.